The van der Waals surface area contributed by atoms with E-state index in [1.165, 1.54) is 4.90 Å². The standard InChI is InChI=1S/C15H20N2O3/c1-2-16(10-11-18)14(19)15(20)17-9-5-7-12-6-3-4-8-13(12)17/h3-4,6,8,18H,2,5,7,9-11H2,1H3. The van der Waals surface area contributed by atoms with Crippen LogP contribution in [-0.4, -0.2) is 48.1 Å². The van der Waals surface area contributed by atoms with Crippen molar-refractivity contribution in [3.63, 3.8) is 0 Å². The van der Waals surface area contributed by atoms with Crippen molar-refractivity contribution in [1.82, 2.24) is 4.90 Å². The first-order chi connectivity index (χ1) is 9.69. The number of para-hydroxylation sites is 1. The molecule has 1 aliphatic rings. The van der Waals surface area contributed by atoms with Crippen molar-refractivity contribution in [3.05, 3.63) is 29.8 Å². The molecule has 1 heterocycles. The summed E-state index contributed by atoms with van der Waals surface area (Å²) in [6, 6.07) is 7.69. The second-order valence-electron chi connectivity index (χ2n) is 4.80. The second kappa shape index (κ2) is 6.52. The van der Waals surface area contributed by atoms with E-state index >= 15 is 0 Å². The van der Waals surface area contributed by atoms with E-state index in [0.29, 0.717) is 13.1 Å². The number of fused-ring (bicyclic) bond motifs is 1. The number of benzene rings is 1. The van der Waals surface area contributed by atoms with E-state index in [4.69, 9.17) is 5.11 Å². The zero-order valence-corrected chi connectivity index (χ0v) is 11.7. The molecule has 2 rings (SSSR count). The summed E-state index contributed by atoms with van der Waals surface area (Å²) in [6.45, 7) is 2.84. The van der Waals surface area contributed by atoms with Crippen LogP contribution >= 0.6 is 0 Å². The van der Waals surface area contributed by atoms with Gasteiger partial charge < -0.3 is 14.9 Å². The molecule has 0 bridgehead atoms. The Kier molecular flexibility index (Phi) is 4.74. The minimum absolute atomic E-state index is 0.135. The number of carbonyl (C=O) groups is 2. The van der Waals surface area contributed by atoms with Crippen molar-refractivity contribution in [2.45, 2.75) is 19.8 Å². The van der Waals surface area contributed by atoms with Gasteiger partial charge >= 0.3 is 11.8 Å². The molecule has 0 atom stereocenters. The van der Waals surface area contributed by atoms with Gasteiger partial charge in [0.1, 0.15) is 0 Å². The van der Waals surface area contributed by atoms with Crippen molar-refractivity contribution in [1.29, 1.82) is 0 Å². The van der Waals surface area contributed by atoms with Crippen LogP contribution in [0.1, 0.15) is 18.9 Å². The third kappa shape index (κ3) is 2.82. The van der Waals surface area contributed by atoms with Crippen LogP contribution in [0.4, 0.5) is 5.69 Å². The molecule has 1 N–H and O–H groups in total. The normalized spacial score (nSPS) is 13.8. The lowest BCUT2D eigenvalue weighted by atomic mass is 10.0. The molecule has 20 heavy (non-hydrogen) atoms. The van der Waals surface area contributed by atoms with Crippen LogP contribution < -0.4 is 4.90 Å². The maximum Gasteiger partial charge on any atom is 0.316 e. The van der Waals surface area contributed by atoms with Gasteiger partial charge in [0, 0.05) is 25.3 Å². The predicted molar refractivity (Wildman–Crippen MR) is 76.5 cm³/mol. The van der Waals surface area contributed by atoms with E-state index < -0.39 is 11.8 Å². The summed E-state index contributed by atoms with van der Waals surface area (Å²) in [7, 11) is 0. The second-order valence-corrected chi connectivity index (χ2v) is 4.80. The Hall–Kier alpha value is -1.88. The maximum atomic E-state index is 12.4. The number of carbonyl (C=O) groups excluding carboxylic acids is 2. The van der Waals surface area contributed by atoms with Crippen LogP contribution in [-0.2, 0) is 16.0 Å². The molecule has 5 heteroatoms. The molecule has 0 spiro atoms. The Labute approximate surface area is 118 Å². The van der Waals surface area contributed by atoms with Crippen LogP contribution in [0.5, 0.6) is 0 Å². The van der Waals surface area contributed by atoms with Gasteiger partial charge in [0.05, 0.1) is 6.61 Å². The number of hydrogen-bond acceptors (Lipinski definition) is 3. The van der Waals surface area contributed by atoms with E-state index in [2.05, 4.69) is 0 Å². The number of anilines is 1. The Balaban J connectivity index is 2.20. The number of nitrogens with zero attached hydrogens (tertiary/aromatic N) is 2. The molecule has 0 saturated carbocycles. The maximum absolute atomic E-state index is 12.4. The van der Waals surface area contributed by atoms with E-state index in [1.807, 2.05) is 24.3 Å². The highest BCUT2D eigenvalue weighted by Crippen LogP contribution is 2.26. The quantitative estimate of drug-likeness (QED) is 0.831. The third-order valence-electron chi connectivity index (χ3n) is 3.58. The molecule has 0 fully saturated rings. The topological polar surface area (TPSA) is 60.9 Å². The summed E-state index contributed by atoms with van der Waals surface area (Å²) in [5.74, 6) is -1.05. The van der Waals surface area contributed by atoms with Gasteiger partial charge in [-0.2, -0.15) is 0 Å². The zero-order valence-electron chi connectivity index (χ0n) is 11.7. The van der Waals surface area contributed by atoms with Gasteiger partial charge in [-0.05, 0) is 31.4 Å². The molecule has 1 aromatic carbocycles. The smallest absolute Gasteiger partial charge is 0.316 e. The molecule has 108 valence electrons. The molecule has 0 aromatic heterocycles. The van der Waals surface area contributed by atoms with Crippen LogP contribution in [0, 0.1) is 0 Å². The molecule has 5 nitrogen and oxygen atoms in total. The van der Waals surface area contributed by atoms with E-state index in [1.54, 1.807) is 11.8 Å². The largest absolute Gasteiger partial charge is 0.395 e. The number of rotatable bonds is 3. The molecule has 0 radical (unpaired) electrons. The number of likely N-dealkylation sites (N-methyl/N-ethyl adjacent to an activating group) is 1. The summed E-state index contributed by atoms with van der Waals surface area (Å²) >= 11 is 0. The Morgan fingerprint density at radius 2 is 2.10 bits per heavy atom. The number of aliphatic hydroxyl groups is 1. The van der Waals surface area contributed by atoms with Gasteiger partial charge in [-0.15, -0.1) is 0 Å². The monoisotopic (exact) mass is 276 g/mol. The molecule has 0 unspecified atom stereocenters. The summed E-state index contributed by atoms with van der Waals surface area (Å²) in [4.78, 5) is 27.5. The lowest BCUT2D eigenvalue weighted by molar-refractivity contribution is -0.144. The third-order valence-corrected chi connectivity index (χ3v) is 3.58. The fourth-order valence-corrected chi connectivity index (χ4v) is 2.52. The fraction of sp³-hybridized carbons (Fsp3) is 0.467. The summed E-state index contributed by atoms with van der Waals surface area (Å²) < 4.78 is 0. The lowest BCUT2D eigenvalue weighted by Crippen LogP contribution is -2.47. The molecule has 2 amide bonds. The minimum Gasteiger partial charge on any atom is -0.395 e. The first-order valence-electron chi connectivity index (χ1n) is 6.98. The number of aryl methyl sites for hydroxylation is 1. The van der Waals surface area contributed by atoms with Crippen LogP contribution in [0.25, 0.3) is 0 Å². The van der Waals surface area contributed by atoms with Crippen LogP contribution in [0.15, 0.2) is 24.3 Å². The molecule has 0 aliphatic carbocycles. The van der Waals surface area contributed by atoms with Crippen LogP contribution in [0.2, 0.25) is 0 Å². The van der Waals surface area contributed by atoms with Crippen molar-refractivity contribution >= 4 is 17.5 Å². The molecular formula is C15H20N2O3. The van der Waals surface area contributed by atoms with Crippen molar-refractivity contribution in [3.8, 4) is 0 Å². The van der Waals surface area contributed by atoms with E-state index in [9.17, 15) is 9.59 Å². The summed E-state index contributed by atoms with van der Waals surface area (Å²) in [5, 5.41) is 8.95. The number of aliphatic hydroxyl groups excluding tert-OH is 1. The molecule has 1 aliphatic heterocycles. The van der Waals surface area contributed by atoms with Gasteiger partial charge in [0.15, 0.2) is 0 Å². The Morgan fingerprint density at radius 1 is 1.35 bits per heavy atom. The number of hydrogen-bond donors (Lipinski definition) is 1. The van der Waals surface area contributed by atoms with Crippen molar-refractivity contribution in [2.75, 3.05) is 31.1 Å². The lowest BCUT2D eigenvalue weighted by Gasteiger charge is -2.30. The Morgan fingerprint density at radius 3 is 2.80 bits per heavy atom. The van der Waals surface area contributed by atoms with Gasteiger partial charge in [0.25, 0.3) is 0 Å². The number of amides is 2. The van der Waals surface area contributed by atoms with Crippen LogP contribution in [0.3, 0.4) is 0 Å². The highest BCUT2D eigenvalue weighted by atomic mass is 16.3. The van der Waals surface area contributed by atoms with Crippen molar-refractivity contribution < 1.29 is 14.7 Å². The average Bonchev–Trinajstić information content (AvgIpc) is 2.50. The highest BCUT2D eigenvalue weighted by Gasteiger charge is 2.29. The van der Waals surface area contributed by atoms with Gasteiger partial charge in [-0.1, -0.05) is 18.2 Å². The molecule has 0 saturated heterocycles. The molecular weight excluding hydrogens is 256 g/mol. The van der Waals surface area contributed by atoms with Gasteiger partial charge in [-0.3, -0.25) is 9.59 Å². The highest BCUT2D eigenvalue weighted by molar-refractivity contribution is 6.40. The molecule has 1 aromatic rings. The Bertz CT molecular complexity index is 502. The van der Waals surface area contributed by atoms with Gasteiger partial charge in [-0.25, -0.2) is 0 Å². The summed E-state index contributed by atoms with van der Waals surface area (Å²) in [6.07, 6.45) is 1.80. The van der Waals surface area contributed by atoms with E-state index in [0.717, 1.165) is 24.1 Å². The summed E-state index contributed by atoms with van der Waals surface area (Å²) in [5.41, 5.74) is 1.93. The average molecular weight is 276 g/mol. The van der Waals surface area contributed by atoms with E-state index in [-0.39, 0.29) is 13.2 Å². The van der Waals surface area contributed by atoms with Gasteiger partial charge in [0.2, 0.25) is 0 Å². The predicted octanol–water partition coefficient (Wildman–Crippen LogP) is 0.807. The fourth-order valence-electron chi connectivity index (χ4n) is 2.52. The minimum atomic E-state index is -0.543. The van der Waals surface area contributed by atoms with Crippen molar-refractivity contribution in [2.24, 2.45) is 0 Å². The zero-order chi connectivity index (χ0) is 14.5. The first-order valence-corrected chi connectivity index (χ1v) is 6.98. The first kappa shape index (κ1) is 14.5. The SMILES string of the molecule is CCN(CCO)C(=O)C(=O)N1CCCc2ccccc21.